The average Bonchev–Trinajstić information content (AvgIpc) is 2.47. The van der Waals surface area contributed by atoms with Gasteiger partial charge in [-0.15, -0.1) is 0 Å². The zero-order chi connectivity index (χ0) is 15.4. The topological polar surface area (TPSA) is 44.5 Å². The quantitative estimate of drug-likeness (QED) is 0.873. The summed E-state index contributed by atoms with van der Waals surface area (Å²) in [5.41, 5.74) is 7.69. The number of halogens is 2. The van der Waals surface area contributed by atoms with Gasteiger partial charge in [-0.05, 0) is 31.2 Å². The number of hydrogen-bond acceptors (Lipinski definition) is 3. The van der Waals surface area contributed by atoms with Crippen LogP contribution in [0.1, 0.15) is 24.1 Å². The molecule has 2 rings (SSSR count). The Balaban J connectivity index is 2.24. The molecule has 5 heteroatoms. The molecule has 2 aromatic rings. The fourth-order valence-electron chi connectivity index (χ4n) is 1.95. The molecule has 3 nitrogen and oxygen atoms in total. The average molecular weight is 326 g/mol. The molecule has 0 bridgehead atoms. The third kappa shape index (κ3) is 4.03. The first kappa shape index (κ1) is 16.0. The maximum atomic E-state index is 6.14. The first-order valence-corrected chi connectivity index (χ1v) is 7.27. The van der Waals surface area contributed by atoms with Crippen LogP contribution in [0, 0.1) is 0 Å². The third-order valence-electron chi connectivity index (χ3n) is 3.10. The highest BCUT2D eigenvalue weighted by Crippen LogP contribution is 2.30. The summed E-state index contributed by atoms with van der Waals surface area (Å²) in [5, 5.41) is 1.24. The van der Waals surface area contributed by atoms with Crippen LogP contribution in [0.5, 0.6) is 11.5 Å². The van der Waals surface area contributed by atoms with E-state index in [1.54, 1.807) is 25.3 Å². The van der Waals surface area contributed by atoms with Gasteiger partial charge >= 0.3 is 0 Å². The highest BCUT2D eigenvalue weighted by molar-refractivity contribution is 6.33. The molecule has 0 fully saturated rings. The smallest absolute Gasteiger partial charge is 0.128 e. The van der Waals surface area contributed by atoms with Gasteiger partial charge in [-0.3, -0.25) is 0 Å². The minimum absolute atomic E-state index is 0.138. The second-order valence-corrected chi connectivity index (χ2v) is 5.56. The molecule has 112 valence electrons. The van der Waals surface area contributed by atoms with Gasteiger partial charge in [0.15, 0.2) is 0 Å². The van der Waals surface area contributed by atoms with E-state index in [9.17, 15) is 0 Å². The molecule has 2 N–H and O–H groups in total. The molecule has 2 aromatic carbocycles. The molecule has 0 radical (unpaired) electrons. The van der Waals surface area contributed by atoms with Gasteiger partial charge in [-0.1, -0.05) is 29.3 Å². The van der Waals surface area contributed by atoms with Crippen LogP contribution < -0.4 is 15.2 Å². The summed E-state index contributed by atoms with van der Waals surface area (Å²) in [6.45, 7) is 2.22. The number of rotatable bonds is 5. The standard InChI is InChI=1S/C16H17Cl2NO2/c1-10(19)14-5-4-13(20-2)8-16(14)21-9-11-7-12(17)3-6-15(11)18/h3-8,10H,9,19H2,1-2H3. The Morgan fingerprint density at radius 3 is 2.57 bits per heavy atom. The largest absolute Gasteiger partial charge is 0.497 e. The van der Waals surface area contributed by atoms with E-state index in [2.05, 4.69) is 0 Å². The van der Waals surface area contributed by atoms with Crippen LogP contribution >= 0.6 is 23.2 Å². The Hall–Kier alpha value is -1.42. The van der Waals surface area contributed by atoms with Crippen LogP contribution in [-0.2, 0) is 6.61 Å². The Morgan fingerprint density at radius 1 is 1.14 bits per heavy atom. The van der Waals surface area contributed by atoms with E-state index in [0.29, 0.717) is 28.2 Å². The third-order valence-corrected chi connectivity index (χ3v) is 3.71. The maximum absolute atomic E-state index is 6.14. The van der Waals surface area contributed by atoms with Gasteiger partial charge in [-0.2, -0.15) is 0 Å². The van der Waals surface area contributed by atoms with Gasteiger partial charge in [0.05, 0.1) is 7.11 Å². The molecular weight excluding hydrogens is 309 g/mol. The fourth-order valence-corrected chi connectivity index (χ4v) is 2.32. The van der Waals surface area contributed by atoms with Crippen LogP contribution in [0.3, 0.4) is 0 Å². The molecular formula is C16H17Cl2NO2. The molecule has 0 saturated heterocycles. The molecule has 0 saturated carbocycles. The van der Waals surface area contributed by atoms with E-state index in [4.69, 9.17) is 38.4 Å². The van der Waals surface area contributed by atoms with Gasteiger partial charge in [-0.25, -0.2) is 0 Å². The van der Waals surface area contributed by atoms with Crippen molar-refractivity contribution in [3.8, 4) is 11.5 Å². The van der Waals surface area contributed by atoms with Gasteiger partial charge in [0.25, 0.3) is 0 Å². The van der Waals surface area contributed by atoms with Crippen molar-refractivity contribution in [2.75, 3.05) is 7.11 Å². The summed E-state index contributed by atoms with van der Waals surface area (Å²) in [5.74, 6) is 1.40. The van der Waals surface area contributed by atoms with E-state index < -0.39 is 0 Å². The lowest BCUT2D eigenvalue weighted by Gasteiger charge is -2.16. The van der Waals surface area contributed by atoms with E-state index in [-0.39, 0.29) is 6.04 Å². The van der Waals surface area contributed by atoms with Crippen molar-refractivity contribution in [2.45, 2.75) is 19.6 Å². The van der Waals surface area contributed by atoms with Crippen molar-refractivity contribution in [1.82, 2.24) is 0 Å². The Bertz CT molecular complexity index is 630. The molecule has 0 aromatic heterocycles. The Morgan fingerprint density at radius 2 is 1.90 bits per heavy atom. The lowest BCUT2D eigenvalue weighted by atomic mass is 10.1. The van der Waals surface area contributed by atoms with Crippen LogP contribution in [-0.4, -0.2) is 7.11 Å². The number of nitrogens with two attached hydrogens (primary N) is 1. The van der Waals surface area contributed by atoms with Crippen molar-refractivity contribution >= 4 is 23.2 Å². The summed E-state index contributed by atoms with van der Waals surface area (Å²) in [6, 6.07) is 10.7. The SMILES string of the molecule is COc1ccc(C(C)N)c(OCc2cc(Cl)ccc2Cl)c1. The van der Waals surface area contributed by atoms with Gasteiger partial charge < -0.3 is 15.2 Å². The first-order chi connectivity index (χ1) is 10.0. The van der Waals surface area contributed by atoms with E-state index in [1.807, 2.05) is 25.1 Å². The fraction of sp³-hybridized carbons (Fsp3) is 0.250. The monoisotopic (exact) mass is 325 g/mol. The second-order valence-electron chi connectivity index (χ2n) is 4.72. The maximum Gasteiger partial charge on any atom is 0.128 e. The summed E-state index contributed by atoms with van der Waals surface area (Å²) >= 11 is 12.1. The molecule has 0 amide bonds. The highest BCUT2D eigenvalue weighted by atomic mass is 35.5. The van der Waals surface area contributed by atoms with E-state index >= 15 is 0 Å². The van der Waals surface area contributed by atoms with Crippen molar-refractivity contribution in [1.29, 1.82) is 0 Å². The lowest BCUT2D eigenvalue weighted by molar-refractivity contribution is 0.299. The summed E-state index contributed by atoms with van der Waals surface area (Å²) in [7, 11) is 1.61. The zero-order valence-corrected chi connectivity index (χ0v) is 13.4. The van der Waals surface area contributed by atoms with Crippen molar-refractivity contribution in [3.05, 3.63) is 57.6 Å². The second kappa shape index (κ2) is 7.03. The number of ether oxygens (including phenoxy) is 2. The normalized spacial score (nSPS) is 12.0. The lowest BCUT2D eigenvalue weighted by Crippen LogP contribution is -2.08. The minimum Gasteiger partial charge on any atom is -0.497 e. The number of benzene rings is 2. The van der Waals surface area contributed by atoms with Crippen LogP contribution in [0.2, 0.25) is 10.0 Å². The predicted molar refractivity (Wildman–Crippen MR) is 86.4 cm³/mol. The number of methoxy groups -OCH3 is 1. The molecule has 21 heavy (non-hydrogen) atoms. The van der Waals surface area contributed by atoms with E-state index in [1.165, 1.54) is 0 Å². The van der Waals surface area contributed by atoms with Crippen molar-refractivity contribution < 1.29 is 9.47 Å². The predicted octanol–water partition coefficient (Wildman–Crippen LogP) is 4.60. The van der Waals surface area contributed by atoms with Gasteiger partial charge in [0, 0.05) is 33.3 Å². The molecule has 0 heterocycles. The van der Waals surface area contributed by atoms with Crippen molar-refractivity contribution in [2.24, 2.45) is 5.73 Å². The molecule has 1 unspecified atom stereocenters. The van der Waals surface area contributed by atoms with E-state index in [0.717, 1.165) is 11.1 Å². The van der Waals surface area contributed by atoms with Gasteiger partial charge in [0.2, 0.25) is 0 Å². The van der Waals surface area contributed by atoms with Crippen LogP contribution in [0.15, 0.2) is 36.4 Å². The number of hydrogen-bond donors (Lipinski definition) is 1. The molecule has 1 atom stereocenters. The van der Waals surface area contributed by atoms with Crippen molar-refractivity contribution in [3.63, 3.8) is 0 Å². The molecule has 0 aliphatic carbocycles. The molecule has 0 spiro atoms. The highest BCUT2D eigenvalue weighted by Gasteiger charge is 2.11. The summed E-state index contributed by atoms with van der Waals surface area (Å²) in [6.07, 6.45) is 0. The van der Waals surface area contributed by atoms with Crippen LogP contribution in [0.25, 0.3) is 0 Å². The first-order valence-electron chi connectivity index (χ1n) is 6.51. The molecule has 0 aliphatic heterocycles. The summed E-state index contributed by atoms with van der Waals surface area (Å²) < 4.78 is 11.1. The Kier molecular flexibility index (Phi) is 5.34. The minimum atomic E-state index is -0.138. The van der Waals surface area contributed by atoms with Crippen LogP contribution in [0.4, 0.5) is 0 Å². The zero-order valence-electron chi connectivity index (χ0n) is 11.9. The van der Waals surface area contributed by atoms with Gasteiger partial charge in [0.1, 0.15) is 18.1 Å². The summed E-state index contributed by atoms with van der Waals surface area (Å²) in [4.78, 5) is 0. The molecule has 0 aliphatic rings. The Labute approximate surface area is 134 Å².